The molecule has 0 unspecified atom stereocenters. The zero-order valence-corrected chi connectivity index (χ0v) is 12.3. The van der Waals surface area contributed by atoms with Gasteiger partial charge in [0.25, 0.3) is 0 Å². The molecule has 0 amide bonds. The average Bonchev–Trinajstić information content (AvgIpc) is 2.48. The van der Waals surface area contributed by atoms with Crippen LogP contribution in [0.3, 0.4) is 0 Å². The van der Waals surface area contributed by atoms with Crippen LogP contribution in [-0.2, 0) is 0 Å². The van der Waals surface area contributed by atoms with Crippen molar-refractivity contribution in [2.45, 2.75) is 0 Å². The molecule has 0 saturated heterocycles. The van der Waals surface area contributed by atoms with Gasteiger partial charge in [0.15, 0.2) is 11.6 Å². The van der Waals surface area contributed by atoms with Crippen molar-refractivity contribution in [1.82, 2.24) is 0 Å². The van der Waals surface area contributed by atoms with E-state index in [1.807, 2.05) is 24.3 Å². The van der Waals surface area contributed by atoms with Crippen molar-refractivity contribution < 1.29 is 13.5 Å². The van der Waals surface area contributed by atoms with Crippen molar-refractivity contribution in [1.29, 1.82) is 0 Å². The molecule has 0 aliphatic carbocycles. The first-order valence-corrected chi connectivity index (χ1v) is 6.94. The van der Waals surface area contributed by atoms with E-state index in [2.05, 4.69) is 15.9 Å². The number of nitrogens with two attached hydrogens (primary N) is 1. The van der Waals surface area contributed by atoms with Crippen molar-refractivity contribution in [2.24, 2.45) is 0 Å². The number of hydrogen-bond donors (Lipinski definition) is 1. The molecule has 2 N–H and O–H groups in total. The minimum Gasteiger partial charge on any atom is -0.452 e. The smallest absolute Gasteiger partial charge is 0.203 e. The molecule has 3 rings (SSSR count). The zero-order chi connectivity index (χ0) is 15.0. The van der Waals surface area contributed by atoms with Crippen LogP contribution >= 0.6 is 15.9 Å². The van der Waals surface area contributed by atoms with Gasteiger partial charge in [-0.2, -0.15) is 4.39 Å². The van der Waals surface area contributed by atoms with Crippen molar-refractivity contribution in [3.05, 3.63) is 64.6 Å². The lowest BCUT2D eigenvalue weighted by Crippen LogP contribution is -1.97. The fourth-order valence-corrected chi connectivity index (χ4v) is 2.41. The average molecular weight is 350 g/mol. The van der Waals surface area contributed by atoms with E-state index in [-0.39, 0.29) is 11.4 Å². The van der Waals surface area contributed by atoms with Gasteiger partial charge in [0, 0.05) is 4.47 Å². The number of rotatable bonds is 2. The summed E-state index contributed by atoms with van der Waals surface area (Å²) < 4.78 is 33.3. The summed E-state index contributed by atoms with van der Waals surface area (Å²) in [6, 6.07) is 13.2. The Kier molecular flexibility index (Phi) is 3.51. The van der Waals surface area contributed by atoms with E-state index in [0.717, 1.165) is 21.3 Å². The minimum absolute atomic E-state index is 0.0461. The molecular weight excluding hydrogens is 340 g/mol. The monoisotopic (exact) mass is 349 g/mol. The van der Waals surface area contributed by atoms with Crippen LogP contribution in [0.15, 0.2) is 53.0 Å². The summed E-state index contributed by atoms with van der Waals surface area (Å²) in [6.07, 6.45) is 0. The lowest BCUT2D eigenvalue weighted by atomic mass is 10.1. The topological polar surface area (TPSA) is 35.2 Å². The molecule has 0 fully saturated rings. The zero-order valence-electron chi connectivity index (χ0n) is 10.7. The second-order valence-corrected chi connectivity index (χ2v) is 5.45. The Morgan fingerprint density at radius 2 is 1.62 bits per heavy atom. The summed E-state index contributed by atoms with van der Waals surface area (Å²) in [7, 11) is 0. The molecule has 0 spiro atoms. The Hall–Kier alpha value is -2.14. The number of nitrogen functional groups attached to an aromatic ring is 1. The van der Waals surface area contributed by atoms with Crippen molar-refractivity contribution in [3.63, 3.8) is 0 Å². The van der Waals surface area contributed by atoms with E-state index in [4.69, 9.17) is 10.5 Å². The van der Waals surface area contributed by atoms with Gasteiger partial charge in [-0.1, -0.05) is 28.1 Å². The molecule has 0 aromatic heterocycles. The van der Waals surface area contributed by atoms with Gasteiger partial charge in [0.05, 0.1) is 5.69 Å². The van der Waals surface area contributed by atoms with Crippen LogP contribution in [0.5, 0.6) is 11.5 Å². The van der Waals surface area contributed by atoms with Crippen molar-refractivity contribution in [3.8, 4) is 11.5 Å². The van der Waals surface area contributed by atoms with Crippen LogP contribution in [0.4, 0.5) is 14.5 Å². The van der Waals surface area contributed by atoms with Gasteiger partial charge in [-0.25, -0.2) is 4.39 Å². The SMILES string of the molecule is Nc1ccc(F)c(F)c1Oc1ccc2cc(Br)ccc2c1. The fourth-order valence-electron chi connectivity index (χ4n) is 2.03. The highest BCUT2D eigenvalue weighted by Gasteiger charge is 2.14. The van der Waals surface area contributed by atoms with Crippen LogP contribution in [0.2, 0.25) is 0 Å². The van der Waals surface area contributed by atoms with Gasteiger partial charge >= 0.3 is 0 Å². The third-order valence-corrected chi connectivity index (χ3v) is 3.57. The van der Waals surface area contributed by atoms with Gasteiger partial charge in [-0.3, -0.25) is 0 Å². The molecule has 0 atom stereocenters. The fraction of sp³-hybridized carbons (Fsp3) is 0. The molecule has 0 aliphatic heterocycles. The third-order valence-electron chi connectivity index (χ3n) is 3.07. The molecule has 5 heteroatoms. The van der Waals surface area contributed by atoms with E-state index in [9.17, 15) is 8.78 Å². The first-order valence-electron chi connectivity index (χ1n) is 6.15. The molecule has 0 aliphatic rings. The lowest BCUT2D eigenvalue weighted by Gasteiger charge is -2.10. The Morgan fingerprint density at radius 3 is 2.43 bits per heavy atom. The summed E-state index contributed by atoms with van der Waals surface area (Å²) in [5, 5.41) is 1.93. The standard InChI is InChI=1S/C16H10BrF2NO/c17-11-3-1-10-8-12(4-2-9(10)7-11)21-16-14(20)6-5-13(18)15(16)19/h1-8H,20H2. The van der Waals surface area contributed by atoms with Crippen LogP contribution < -0.4 is 10.5 Å². The highest BCUT2D eigenvalue weighted by atomic mass is 79.9. The van der Waals surface area contributed by atoms with Gasteiger partial charge in [-0.05, 0) is 47.2 Å². The first kappa shape index (κ1) is 13.8. The summed E-state index contributed by atoms with van der Waals surface area (Å²) >= 11 is 3.39. The van der Waals surface area contributed by atoms with Crippen molar-refractivity contribution in [2.75, 3.05) is 5.73 Å². The molecule has 21 heavy (non-hydrogen) atoms. The minimum atomic E-state index is -1.09. The number of benzene rings is 3. The van der Waals surface area contributed by atoms with Gasteiger partial charge < -0.3 is 10.5 Å². The van der Waals surface area contributed by atoms with Crippen LogP contribution in [0.1, 0.15) is 0 Å². The highest BCUT2D eigenvalue weighted by molar-refractivity contribution is 9.10. The third kappa shape index (κ3) is 2.69. The Balaban J connectivity index is 2.02. The van der Waals surface area contributed by atoms with Gasteiger partial charge in [-0.15, -0.1) is 0 Å². The first-order chi connectivity index (χ1) is 10.0. The molecule has 0 saturated carbocycles. The predicted molar refractivity (Wildman–Crippen MR) is 82.5 cm³/mol. The Morgan fingerprint density at radius 1 is 0.905 bits per heavy atom. The normalized spacial score (nSPS) is 10.8. The molecule has 106 valence electrons. The molecule has 0 heterocycles. The molecular formula is C16H10BrF2NO. The quantitative estimate of drug-likeness (QED) is 0.641. The summed E-state index contributed by atoms with van der Waals surface area (Å²) in [4.78, 5) is 0. The Bertz CT molecular complexity index is 836. The Labute approximate surface area is 128 Å². The van der Waals surface area contributed by atoms with Crippen LogP contribution in [-0.4, -0.2) is 0 Å². The largest absolute Gasteiger partial charge is 0.452 e. The molecule has 0 bridgehead atoms. The number of fused-ring (bicyclic) bond motifs is 1. The second-order valence-electron chi connectivity index (χ2n) is 4.54. The molecule has 2 nitrogen and oxygen atoms in total. The molecule has 0 radical (unpaired) electrons. The van der Waals surface area contributed by atoms with Crippen LogP contribution in [0, 0.1) is 11.6 Å². The van der Waals surface area contributed by atoms with Crippen LogP contribution in [0.25, 0.3) is 10.8 Å². The molecule has 3 aromatic carbocycles. The highest BCUT2D eigenvalue weighted by Crippen LogP contribution is 2.33. The van der Waals surface area contributed by atoms with Gasteiger partial charge in [0.2, 0.25) is 5.82 Å². The maximum Gasteiger partial charge on any atom is 0.203 e. The number of halogens is 3. The number of hydrogen-bond acceptors (Lipinski definition) is 2. The van der Waals surface area contributed by atoms with E-state index >= 15 is 0 Å². The van der Waals surface area contributed by atoms with Crippen molar-refractivity contribution >= 4 is 32.4 Å². The van der Waals surface area contributed by atoms with E-state index in [0.29, 0.717) is 5.75 Å². The number of ether oxygens (including phenoxy) is 1. The maximum atomic E-state index is 13.7. The summed E-state index contributed by atoms with van der Waals surface area (Å²) in [5.74, 6) is -2.00. The summed E-state index contributed by atoms with van der Waals surface area (Å²) in [5.41, 5.74) is 5.68. The molecule has 3 aromatic rings. The maximum absolute atomic E-state index is 13.7. The van der Waals surface area contributed by atoms with Gasteiger partial charge in [0.1, 0.15) is 5.75 Å². The summed E-state index contributed by atoms with van der Waals surface area (Å²) in [6.45, 7) is 0. The van der Waals surface area contributed by atoms with E-state index < -0.39 is 11.6 Å². The lowest BCUT2D eigenvalue weighted by molar-refractivity contribution is 0.418. The van der Waals surface area contributed by atoms with E-state index in [1.165, 1.54) is 6.07 Å². The predicted octanol–water partition coefficient (Wildman–Crippen LogP) is 5.26. The number of anilines is 1. The second kappa shape index (κ2) is 5.33. The van der Waals surface area contributed by atoms with E-state index in [1.54, 1.807) is 12.1 Å².